The minimum absolute atomic E-state index is 0.956. The van der Waals surface area contributed by atoms with Gasteiger partial charge in [0.2, 0.25) is 0 Å². The highest BCUT2D eigenvalue weighted by Crippen LogP contribution is 2.25. The number of nitrogens with one attached hydrogen (secondary N) is 1. The topological polar surface area (TPSA) is 12.0 Å². The Labute approximate surface area is 94.4 Å². The minimum atomic E-state index is 0.956. The van der Waals surface area contributed by atoms with Gasteiger partial charge in [-0.05, 0) is 35.4 Å². The van der Waals surface area contributed by atoms with E-state index < -0.39 is 0 Å². The van der Waals surface area contributed by atoms with Crippen molar-refractivity contribution in [2.75, 3.05) is 6.54 Å². The van der Waals surface area contributed by atoms with Gasteiger partial charge in [0.15, 0.2) is 0 Å². The molecule has 1 nitrogen and oxygen atoms in total. The van der Waals surface area contributed by atoms with Gasteiger partial charge in [0.1, 0.15) is 0 Å². The molecule has 2 aromatic rings. The summed E-state index contributed by atoms with van der Waals surface area (Å²) >= 11 is 1.82. The largest absolute Gasteiger partial charge is 0.312 e. The van der Waals surface area contributed by atoms with Crippen LogP contribution in [0.4, 0.5) is 0 Å². The minimum Gasteiger partial charge on any atom is -0.312 e. The molecular weight excluding hydrogens is 202 g/mol. The predicted octanol–water partition coefficient (Wildman–Crippen LogP) is 3.57. The first-order valence-electron chi connectivity index (χ1n) is 5.18. The monoisotopic (exact) mass is 217 g/mol. The Morgan fingerprint density at radius 2 is 2.20 bits per heavy atom. The maximum Gasteiger partial charge on any atom is 0.0346 e. The SMILES string of the molecule is C=CCCNCc1csc2ccccc12. The summed E-state index contributed by atoms with van der Waals surface area (Å²) in [6.07, 6.45) is 2.97. The molecule has 0 unspecified atom stereocenters. The van der Waals surface area contributed by atoms with Gasteiger partial charge in [0.05, 0.1) is 0 Å². The fourth-order valence-electron chi connectivity index (χ4n) is 1.60. The van der Waals surface area contributed by atoms with Crippen LogP contribution >= 0.6 is 11.3 Å². The molecule has 1 N–H and O–H groups in total. The summed E-state index contributed by atoms with van der Waals surface area (Å²) in [6, 6.07) is 8.56. The van der Waals surface area contributed by atoms with Crippen molar-refractivity contribution >= 4 is 21.4 Å². The smallest absolute Gasteiger partial charge is 0.0346 e. The zero-order valence-electron chi connectivity index (χ0n) is 8.70. The number of benzene rings is 1. The Hall–Kier alpha value is -1.12. The number of hydrogen-bond acceptors (Lipinski definition) is 2. The lowest BCUT2D eigenvalue weighted by atomic mass is 10.2. The Balaban J connectivity index is 2.05. The molecule has 0 bridgehead atoms. The number of thiophene rings is 1. The molecule has 0 spiro atoms. The van der Waals surface area contributed by atoms with Gasteiger partial charge in [-0.3, -0.25) is 0 Å². The average molecular weight is 217 g/mol. The van der Waals surface area contributed by atoms with Crippen LogP contribution in [0, 0.1) is 0 Å². The van der Waals surface area contributed by atoms with Gasteiger partial charge in [-0.2, -0.15) is 0 Å². The molecule has 0 saturated heterocycles. The van der Waals surface area contributed by atoms with Crippen molar-refractivity contribution in [3.8, 4) is 0 Å². The van der Waals surface area contributed by atoms with E-state index in [1.54, 1.807) is 0 Å². The summed E-state index contributed by atoms with van der Waals surface area (Å²) in [5.41, 5.74) is 1.40. The predicted molar refractivity (Wildman–Crippen MR) is 68.3 cm³/mol. The van der Waals surface area contributed by atoms with Gasteiger partial charge >= 0.3 is 0 Å². The van der Waals surface area contributed by atoms with Crippen LogP contribution in [-0.4, -0.2) is 6.54 Å². The quantitative estimate of drug-likeness (QED) is 0.596. The van der Waals surface area contributed by atoms with E-state index in [9.17, 15) is 0 Å². The van der Waals surface area contributed by atoms with Crippen molar-refractivity contribution < 1.29 is 0 Å². The maximum absolute atomic E-state index is 3.71. The second kappa shape index (κ2) is 5.10. The van der Waals surface area contributed by atoms with Gasteiger partial charge in [-0.25, -0.2) is 0 Å². The summed E-state index contributed by atoms with van der Waals surface area (Å²) in [5, 5.41) is 7.04. The van der Waals surface area contributed by atoms with Crippen LogP contribution in [0.2, 0.25) is 0 Å². The molecule has 0 saturated carbocycles. The molecule has 15 heavy (non-hydrogen) atoms. The first-order valence-corrected chi connectivity index (χ1v) is 6.06. The summed E-state index contributed by atoms with van der Waals surface area (Å²) in [5.74, 6) is 0. The Bertz CT molecular complexity index is 444. The first-order chi connectivity index (χ1) is 7.42. The third-order valence-corrected chi connectivity index (χ3v) is 3.41. The van der Waals surface area contributed by atoms with E-state index in [0.29, 0.717) is 0 Å². The van der Waals surface area contributed by atoms with Gasteiger partial charge < -0.3 is 5.32 Å². The summed E-state index contributed by atoms with van der Waals surface area (Å²) in [6.45, 7) is 5.67. The highest BCUT2D eigenvalue weighted by molar-refractivity contribution is 7.17. The highest BCUT2D eigenvalue weighted by Gasteiger charge is 2.01. The van der Waals surface area contributed by atoms with Crippen molar-refractivity contribution in [2.45, 2.75) is 13.0 Å². The van der Waals surface area contributed by atoms with E-state index in [0.717, 1.165) is 19.5 Å². The molecule has 2 heteroatoms. The van der Waals surface area contributed by atoms with E-state index in [1.807, 2.05) is 17.4 Å². The fraction of sp³-hybridized carbons (Fsp3) is 0.231. The zero-order chi connectivity index (χ0) is 10.5. The van der Waals surface area contributed by atoms with Gasteiger partial charge in [0, 0.05) is 11.2 Å². The van der Waals surface area contributed by atoms with Crippen LogP contribution in [0.25, 0.3) is 10.1 Å². The Morgan fingerprint density at radius 3 is 3.07 bits per heavy atom. The lowest BCUT2D eigenvalue weighted by Crippen LogP contribution is -2.13. The molecule has 0 aliphatic carbocycles. The normalized spacial score (nSPS) is 10.7. The lowest BCUT2D eigenvalue weighted by Gasteiger charge is -2.01. The van der Waals surface area contributed by atoms with Gasteiger partial charge in [-0.1, -0.05) is 24.3 Å². The second-order valence-corrected chi connectivity index (χ2v) is 4.42. The second-order valence-electron chi connectivity index (χ2n) is 3.51. The van der Waals surface area contributed by atoms with Crippen LogP contribution in [0.1, 0.15) is 12.0 Å². The molecule has 0 aliphatic rings. The number of rotatable bonds is 5. The standard InChI is InChI=1S/C13H15NS/c1-2-3-8-14-9-11-10-15-13-7-5-4-6-12(11)13/h2,4-7,10,14H,1,3,8-9H2. The fourth-order valence-corrected chi connectivity index (χ4v) is 2.56. The third kappa shape index (κ3) is 2.46. The van der Waals surface area contributed by atoms with E-state index in [1.165, 1.54) is 15.6 Å². The molecule has 0 atom stereocenters. The van der Waals surface area contributed by atoms with Gasteiger partial charge in [-0.15, -0.1) is 17.9 Å². The number of fused-ring (bicyclic) bond motifs is 1. The average Bonchev–Trinajstić information content (AvgIpc) is 2.68. The molecule has 1 aromatic heterocycles. The molecule has 2 rings (SSSR count). The Kier molecular flexibility index (Phi) is 3.54. The summed E-state index contributed by atoms with van der Waals surface area (Å²) < 4.78 is 1.37. The van der Waals surface area contributed by atoms with Crippen molar-refractivity contribution in [3.63, 3.8) is 0 Å². The molecule has 0 amide bonds. The molecule has 1 heterocycles. The lowest BCUT2D eigenvalue weighted by molar-refractivity contribution is 0.700. The van der Waals surface area contributed by atoms with E-state index in [-0.39, 0.29) is 0 Å². The third-order valence-electron chi connectivity index (χ3n) is 2.40. The highest BCUT2D eigenvalue weighted by atomic mass is 32.1. The van der Waals surface area contributed by atoms with Crippen LogP contribution in [-0.2, 0) is 6.54 Å². The van der Waals surface area contributed by atoms with Crippen molar-refractivity contribution in [2.24, 2.45) is 0 Å². The molecule has 0 aliphatic heterocycles. The molecular formula is C13H15NS. The van der Waals surface area contributed by atoms with Crippen LogP contribution in [0.3, 0.4) is 0 Å². The van der Waals surface area contributed by atoms with Crippen LogP contribution < -0.4 is 5.32 Å². The van der Waals surface area contributed by atoms with Crippen molar-refractivity contribution in [3.05, 3.63) is 47.9 Å². The van der Waals surface area contributed by atoms with E-state index in [4.69, 9.17) is 0 Å². The Morgan fingerprint density at radius 1 is 1.33 bits per heavy atom. The molecule has 78 valence electrons. The van der Waals surface area contributed by atoms with Crippen molar-refractivity contribution in [1.82, 2.24) is 5.32 Å². The van der Waals surface area contributed by atoms with Crippen LogP contribution in [0.15, 0.2) is 42.3 Å². The summed E-state index contributed by atoms with van der Waals surface area (Å²) in [7, 11) is 0. The molecule has 0 fully saturated rings. The van der Waals surface area contributed by atoms with E-state index in [2.05, 4.69) is 41.5 Å². The first kappa shape index (κ1) is 10.4. The molecule has 0 radical (unpaired) electrons. The van der Waals surface area contributed by atoms with Gasteiger partial charge in [0.25, 0.3) is 0 Å². The maximum atomic E-state index is 3.71. The number of hydrogen-bond donors (Lipinski definition) is 1. The van der Waals surface area contributed by atoms with Crippen molar-refractivity contribution in [1.29, 1.82) is 0 Å². The molecule has 1 aromatic carbocycles. The van der Waals surface area contributed by atoms with Crippen LogP contribution in [0.5, 0.6) is 0 Å². The van der Waals surface area contributed by atoms with E-state index >= 15 is 0 Å². The summed E-state index contributed by atoms with van der Waals surface area (Å²) in [4.78, 5) is 0. The zero-order valence-corrected chi connectivity index (χ0v) is 9.52.